The zero-order chi connectivity index (χ0) is 14.7. The second kappa shape index (κ2) is 6.13. The van der Waals surface area contributed by atoms with Crippen LogP contribution in [0.4, 0.5) is 0 Å². The molecule has 0 bridgehead atoms. The van der Waals surface area contributed by atoms with Gasteiger partial charge in [0.1, 0.15) is 18.1 Å². The molecule has 3 rings (SSSR count). The molecule has 108 valence electrons. The van der Waals surface area contributed by atoms with Gasteiger partial charge in [-0.1, -0.05) is 36.4 Å². The number of ketones is 1. The lowest BCUT2D eigenvalue weighted by atomic mass is 9.96. The first-order valence-electron chi connectivity index (χ1n) is 7.51. The summed E-state index contributed by atoms with van der Waals surface area (Å²) in [5, 5.41) is 0. The maximum atomic E-state index is 11.4. The van der Waals surface area contributed by atoms with Gasteiger partial charge in [0.15, 0.2) is 0 Å². The number of rotatable bonds is 5. The van der Waals surface area contributed by atoms with Crippen molar-refractivity contribution in [3.8, 4) is 5.75 Å². The number of Topliss-reactive ketones (excluding diaryl/α,β-unsaturated/α-hetero) is 1. The van der Waals surface area contributed by atoms with Crippen LogP contribution in [0, 0.1) is 0 Å². The number of hydrogen-bond donors (Lipinski definition) is 0. The zero-order valence-electron chi connectivity index (χ0n) is 12.3. The summed E-state index contributed by atoms with van der Waals surface area (Å²) in [6, 6.07) is 16.5. The summed E-state index contributed by atoms with van der Waals surface area (Å²) < 4.78 is 5.89. The van der Waals surface area contributed by atoms with Crippen LogP contribution in [0.1, 0.15) is 42.4 Å². The molecule has 2 aromatic rings. The predicted molar refractivity (Wildman–Crippen MR) is 83.6 cm³/mol. The lowest BCUT2D eigenvalue weighted by Crippen LogP contribution is -2.01. The van der Waals surface area contributed by atoms with E-state index in [1.165, 1.54) is 16.7 Å². The Morgan fingerprint density at radius 1 is 1.19 bits per heavy atom. The first kappa shape index (κ1) is 13.9. The van der Waals surface area contributed by atoms with E-state index in [9.17, 15) is 4.79 Å². The monoisotopic (exact) mass is 280 g/mol. The first-order valence-corrected chi connectivity index (χ1v) is 7.51. The molecule has 0 spiro atoms. The van der Waals surface area contributed by atoms with Crippen molar-refractivity contribution in [1.29, 1.82) is 0 Å². The molecule has 0 aliphatic heterocycles. The fourth-order valence-electron chi connectivity index (χ4n) is 3.06. The standard InChI is InChI=1S/C19H20O2/c1-14(20)11-17-8-7-16-9-10-18(12-19(16)17)21-13-15-5-3-2-4-6-15/h2-6,9-10,12,17H,7-8,11,13H2,1H3/t17-/m1/s1. The summed E-state index contributed by atoms with van der Waals surface area (Å²) in [4.78, 5) is 11.4. The fraction of sp³-hybridized carbons (Fsp3) is 0.316. The Kier molecular flexibility index (Phi) is 4.05. The summed E-state index contributed by atoms with van der Waals surface area (Å²) in [5.41, 5.74) is 3.84. The molecule has 0 aromatic heterocycles. The van der Waals surface area contributed by atoms with Crippen LogP contribution in [0.2, 0.25) is 0 Å². The van der Waals surface area contributed by atoms with Gasteiger partial charge in [-0.2, -0.15) is 0 Å². The summed E-state index contributed by atoms with van der Waals surface area (Å²) in [7, 11) is 0. The van der Waals surface area contributed by atoms with E-state index < -0.39 is 0 Å². The van der Waals surface area contributed by atoms with Gasteiger partial charge in [0, 0.05) is 6.42 Å². The molecule has 0 heterocycles. The number of hydrogen-bond acceptors (Lipinski definition) is 2. The van der Waals surface area contributed by atoms with Crippen molar-refractivity contribution in [2.75, 3.05) is 0 Å². The van der Waals surface area contributed by atoms with Crippen LogP contribution in [0.25, 0.3) is 0 Å². The van der Waals surface area contributed by atoms with E-state index in [4.69, 9.17) is 4.74 Å². The van der Waals surface area contributed by atoms with E-state index in [1.54, 1.807) is 6.92 Å². The molecular weight excluding hydrogens is 260 g/mol. The van der Waals surface area contributed by atoms with E-state index in [0.717, 1.165) is 18.6 Å². The molecule has 0 saturated heterocycles. The highest BCUT2D eigenvalue weighted by atomic mass is 16.5. The lowest BCUT2D eigenvalue weighted by molar-refractivity contribution is -0.117. The summed E-state index contributed by atoms with van der Waals surface area (Å²) >= 11 is 0. The van der Waals surface area contributed by atoms with Gasteiger partial charge >= 0.3 is 0 Å². The Hall–Kier alpha value is -2.09. The second-order valence-electron chi connectivity index (χ2n) is 5.78. The molecule has 2 nitrogen and oxygen atoms in total. The molecule has 1 aliphatic rings. The Morgan fingerprint density at radius 2 is 2.00 bits per heavy atom. The van der Waals surface area contributed by atoms with Crippen LogP contribution in [-0.2, 0) is 17.8 Å². The quantitative estimate of drug-likeness (QED) is 0.817. The summed E-state index contributed by atoms with van der Waals surface area (Å²) in [5.74, 6) is 1.54. The SMILES string of the molecule is CC(=O)C[C@H]1CCc2ccc(OCc3ccccc3)cc21. The van der Waals surface area contributed by atoms with Crippen molar-refractivity contribution in [3.05, 3.63) is 65.2 Å². The predicted octanol–water partition coefficient (Wildman–Crippen LogP) is 4.27. The summed E-state index contributed by atoms with van der Waals surface area (Å²) in [6.45, 7) is 2.25. The minimum absolute atomic E-state index is 0.267. The second-order valence-corrected chi connectivity index (χ2v) is 5.78. The average molecular weight is 280 g/mol. The van der Waals surface area contributed by atoms with Gasteiger partial charge in [0.25, 0.3) is 0 Å². The van der Waals surface area contributed by atoms with Crippen molar-refractivity contribution in [1.82, 2.24) is 0 Å². The molecule has 1 atom stereocenters. The molecule has 21 heavy (non-hydrogen) atoms. The zero-order valence-corrected chi connectivity index (χ0v) is 12.3. The van der Waals surface area contributed by atoms with Crippen LogP contribution >= 0.6 is 0 Å². The van der Waals surface area contributed by atoms with Gasteiger partial charge in [0.2, 0.25) is 0 Å². The number of benzene rings is 2. The minimum atomic E-state index is 0.267. The van der Waals surface area contributed by atoms with Crippen LogP contribution in [0.3, 0.4) is 0 Å². The molecule has 2 aromatic carbocycles. The number of carbonyl (C=O) groups is 1. The maximum absolute atomic E-state index is 11.4. The van der Waals surface area contributed by atoms with E-state index >= 15 is 0 Å². The Labute approximate surface area is 125 Å². The van der Waals surface area contributed by atoms with Crippen molar-refractivity contribution in [3.63, 3.8) is 0 Å². The Balaban J connectivity index is 1.72. The molecule has 0 unspecified atom stereocenters. The number of fused-ring (bicyclic) bond motifs is 1. The average Bonchev–Trinajstić information content (AvgIpc) is 2.88. The molecular formula is C19H20O2. The lowest BCUT2D eigenvalue weighted by Gasteiger charge is -2.12. The third-order valence-electron chi connectivity index (χ3n) is 4.10. The molecule has 2 heteroatoms. The maximum Gasteiger partial charge on any atom is 0.130 e. The molecule has 0 N–H and O–H groups in total. The fourth-order valence-corrected chi connectivity index (χ4v) is 3.06. The number of aryl methyl sites for hydroxylation is 1. The Bertz CT molecular complexity index is 631. The van der Waals surface area contributed by atoms with E-state index in [1.807, 2.05) is 24.3 Å². The van der Waals surface area contributed by atoms with Crippen molar-refractivity contribution in [2.45, 2.75) is 38.7 Å². The van der Waals surface area contributed by atoms with Gasteiger partial charge in [0.05, 0.1) is 0 Å². The van der Waals surface area contributed by atoms with Crippen molar-refractivity contribution in [2.24, 2.45) is 0 Å². The number of carbonyl (C=O) groups excluding carboxylic acids is 1. The van der Waals surface area contributed by atoms with E-state index in [0.29, 0.717) is 18.9 Å². The highest BCUT2D eigenvalue weighted by Gasteiger charge is 2.24. The smallest absolute Gasteiger partial charge is 0.130 e. The molecule has 0 amide bonds. The molecule has 0 radical (unpaired) electrons. The van der Waals surface area contributed by atoms with Gasteiger partial charge in [-0.15, -0.1) is 0 Å². The first-order chi connectivity index (χ1) is 10.2. The summed E-state index contributed by atoms with van der Waals surface area (Å²) in [6.07, 6.45) is 2.80. The van der Waals surface area contributed by atoms with Gasteiger partial charge in [-0.05, 0) is 54.5 Å². The molecule has 0 fully saturated rings. The largest absolute Gasteiger partial charge is 0.489 e. The van der Waals surface area contributed by atoms with Crippen molar-refractivity contribution < 1.29 is 9.53 Å². The number of ether oxygens (including phenoxy) is 1. The highest BCUT2D eigenvalue weighted by molar-refractivity contribution is 5.76. The molecule has 0 saturated carbocycles. The van der Waals surface area contributed by atoms with Gasteiger partial charge in [-0.3, -0.25) is 0 Å². The minimum Gasteiger partial charge on any atom is -0.489 e. The molecule has 1 aliphatic carbocycles. The van der Waals surface area contributed by atoms with Gasteiger partial charge < -0.3 is 9.53 Å². The van der Waals surface area contributed by atoms with Crippen LogP contribution in [0.15, 0.2) is 48.5 Å². The normalized spacial score (nSPS) is 16.5. The van der Waals surface area contributed by atoms with E-state index in [-0.39, 0.29) is 5.78 Å². The van der Waals surface area contributed by atoms with Crippen LogP contribution in [0.5, 0.6) is 5.75 Å². The van der Waals surface area contributed by atoms with Crippen LogP contribution < -0.4 is 4.74 Å². The van der Waals surface area contributed by atoms with Crippen molar-refractivity contribution >= 4 is 5.78 Å². The van der Waals surface area contributed by atoms with E-state index in [2.05, 4.69) is 24.3 Å². The third-order valence-corrected chi connectivity index (χ3v) is 4.10. The Morgan fingerprint density at radius 3 is 2.76 bits per heavy atom. The van der Waals surface area contributed by atoms with Crippen LogP contribution in [-0.4, -0.2) is 5.78 Å². The third kappa shape index (κ3) is 3.33. The topological polar surface area (TPSA) is 26.3 Å². The van der Waals surface area contributed by atoms with Gasteiger partial charge in [-0.25, -0.2) is 0 Å². The highest BCUT2D eigenvalue weighted by Crippen LogP contribution is 2.37.